The van der Waals surface area contributed by atoms with E-state index in [0.717, 1.165) is 45.4 Å². The minimum atomic E-state index is -0.102. The van der Waals surface area contributed by atoms with Gasteiger partial charge in [-0.3, -0.25) is 9.48 Å². The van der Waals surface area contributed by atoms with Gasteiger partial charge in [-0.25, -0.2) is 0 Å². The fourth-order valence-corrected chi connectivity index (χ4v) is 4.10. The molecule has 1 aromatic carbocycles. The summed E-state index contributed by atoms with van der Waals surface area (Å²) in [5.41, 5.74) is 1.68. The van der Waals surface area contributed by atoms with Crippen LogP contribution in [0.4, 0.5) is 0 Å². The second kappa shape index (κ2) is 10.0. The number of rotatable bonds is 5. The predicted octanol–water partition coefficient (Wildman–Crippen LogP) is 3.13. The lowest BCUT2D eigenvalue weighted by molar-refractivity contribution is -0.0272. The summed E-state index contributed by atoms with van der Waals surface area (Å²) in [5, 5.41) is 11.0. The van der Waals surface area contributed by atoms with E-state index in [1.54, 1.807) is 0 Å². The summed E-state index contributed by atoms with van der Waals surface area (Å²) < 4.78 is 7.95. The van der Waals surface area contributed by atoms with Gasteiger partial charge in [0.05, 0.1) is 12.1 Å². The Morgan fingerprint density at radius 1 is 1.21 bits per heavy atom. The fourth-order valence-electron chi connectivity index (χ4n) is 4.10. The van der Waals surface area contributed by atoms with Crippen molar-refractivity contribution < 1.29 is 9.53 Å². The van der Waals surface area contributed by atoms with Gasteiger partial charge in [0.15, 0.2) is 0 Å². The summed E-state index contributed by atoms with van der Waals surface area (Å²) in [4.78, 5) is 12.6. The van der Waals surface area contributed by atoms with Gasteiger partial charge in [-0.15, -0.1) is 12.4 Å². The number of nitrogens with one attached hydrogen (secondary N) is 2. The number of amides is 1. The molecule has 3 unspecified atom stereocenters. The number of hydrogen-bond donors (Lipinski definition) is 2. The van der Waals surface area contributed by atoms with Gasteiger partial charge in [0, 0.05) is 31.8 Å². The average molecular weight is 405 g/mol. The highest BCUT2D eigenvalue weighted by Crippen LogP contribution is 2.33. The number of ether oxygens (including phenoxy) is 1. The minimum absolute atomic E-state index is 0. The third-order valence-electron chi connectivity index (χ3n) is 5.58. The van der Waals surface area contributed by atoms with Crippen LogP contribution in [0.3, 0.4) is 0 Å². The maximum atomic E-state index is 12.6. The number of hydrogen-bond acceptors (Lipinski definition) is 4. The van der Waals surface area contributed by atoms with Crippen LogP contribution in [0.2, 0.25) is 0 Å². The molecule has 0 saturated carbocycles. The molecule has 2 aliphatic heterocycles. The first kappa shape index (κ1) is 20.8. The summed E-state index contributed by atoms with van der Waals surface area (Å²) in [6, 6.07) is 12.5. The highest BCUT2D eigenvalue weighted by molar-refractivity contribution is 5.92. The summed E-state index contributed by atoms with van der Waals surface area (Å²) in [6.07, 6.45) is 6.31. The van der Waals surface area contributed by atoms with Gasteiger partial charge < -0.3 is 15.4 Å². The first-order valence-corrected chi connectivity index (χ1v) is 10.0. The minimum Gasteiger partial charge on any atom is -0.373 e. The van der Waals surface area contributed by atoms with Crippen molar-refractivity contribution in [3.63, 3.8) is 0 Å². The molecule has 28 heavy (non-hydrogen) atoms. The molecule has 4 rings (SSSR count). The number of piperidine rings is 1. The molecule has 3 heterocycles. The van der Waals surface area contributed by atoms with E-state index in [1.807, 2.05) is 35.1 Å². The molecule has 2 N–H and O–H groups in total. The Hall–Kier alpha value is -1.89. The number of nitrogens with zero attached hydrogens (tertiary/aromatic N) is 2. The lowest BCUT2D eigenvalue weighted by atomic mass is 9.89. The lowest BCUT2D eigenvalue weighted by Gasteiger charge is -2.32. The standard InChI is InChI=1S/C21H28N4O2.ClH/c26-21(19-10-12-25(24-19)18-9-4-11-22-15-18)23-14-17-8-5-13-27-20(17)16-6-2-1-3-7-16;/h1-3,6-7,10,12,17-18,20,22H,4-5,8-9,11,13-15H2,(H,23,26);1H. The van der Waals surface area contributed by atoms with E-state index in [9.17, 15) is 4.79 Å². The highest BCUT2D eigenvalue weighted by atomic mass is 35.5. The molecule has 1 aromatic heterocycles. The van der Waals surface area contributed by atoms with Crippen LogP contribution in [0.1, 0.15) is 53.9 Å². The van der Waals surface area contributed by atoms with E-state index in [0.29, 0.717) is 18.3 Å². The Balaban J connectivity index is 0.00000225. The molecule has 1 amide bonds. The molecule has 3 atom stereocenters. The predicted molar refractivity (Wildman–Crippen MR) is 111 cm³/mol. The van der Waals surface area contributed by atoms with Gasteiger partial charge in [0.2, 0.25) is 0 Å². The van der Waals surface area contributed by atoms with Gasteiger partial charge in [-0.05, 0) is 43.9 Å². The molecule has 7 heteroatoms. The summed E-state index contributed by atoms with van der Waals surface area (Å²) in [6.45, 7) is 3.37. The van der Waals surface area contributed by atoms with Gasteiger partial charge in [-0.2, -0.15) is 5.10 Å². The van der Waals surface area contributed by atoms with E-state index in [4.69, 9.17) is 4.74 Å². The largest absolute Gasteiger partial charge is 0.373 e. The van der Waals surface area contributed by atoms with Gasteiger partial charge in [-0.1, -0.05) is 30.3 Å². The van der Waals surface area contributed by atoms with Crippen molar-refractivity contribution >= 4 is 18.3 Å². The van der Waals surface area contributed by atoms with Crippen LogP contribution in [-0.2, 0) is 4.74 Å². The van der Waals surface area contributed by atoms with Crippen LogP contribution in [0.25, 0.3) is 0 Å². The Morgan fingerprint density at radius 3 is 2.86 bits per heavy atom. The third-order valence-corrected chi connectivity index (χ3v) is 5.58. The SMILES string of the molecule is Cl.O=C(NCC1CCCOC1c1ccccc1)c1ccn(C2CCCNC2)n1. The van der Waals surface area contributed by atoms with Crippen LogP contribution in [0.5, 0.6) is 0 Å². The average Bonchev–Trinajstić information content (AvgIpc) is 3.24. The van der Waals surface area contributed by atoms with Crippen molar-refractivity contribution in [2.24, 2.45) is 5.92 Å². The van der Waals surface area contributed by atoms with Crippen LogP contribution in [0, 0.1) is 5.92 Å². The molecular weight excluding hydrogens is 376 g/mol. The molecular formula is C21H29ClN4O2. The Labute approximate surface area is 172 Å². The topological polar surface area (TPSA) is 68.2 Å². The highest BCUT2D eigenvalue weighted by Gasteiger charge is 2.28. The van der Waals surface area contributed by atoms with Crippen LogP contribution in [0.15, 0.2) is 42.6 Å². The second-order valence-electron chi connectivity index (χ2n) is 7.50. The first-order valence-electron chi connectivity index (χ1n) is 10.0. The molecule has 0 spiro atoms. The van der Waals surface area contributed by atoms with Crippen molar-refractivity contribution in [3.8, 4) is 0 Å². The van der Waals surface area contributed by atoms with Crippen molar-refractivity contribution in [3.05, 3.63) is 53.9 Å². The van der Waals surface area contributed by atoms with E-state index in [1.165, 1.54) is 5.56 Å². The Bertz CT molecular complexity index is 746. The zero-order chi connectivity index (χ0) is 18.5. The van der Waals surface area contributed by atoms with E-state index in [-0.39, 0.29) is 30.3 Å². The van der Waals surface area contributed by atoms with Crippen molar-refractivity contribution in [2.75, 3.05) is 26.2 Å². The number of carbonyl (C=O) groups excluding carboxylic acids is 1. The maximum absolute atomic E-state index is 12.6. The Kier molecular flexibility index (Phi) is 7.48. The van der Waals surface area contributed by atoms with Crippen molar-refractivity contribution in [2.45, 2.75) is 37.8 Å². The normalized spacial score (nSPS) is 24.9. The van der Waals surface area contributed by atoms with E-state index in [2.05, 4.69) is 27.9 Å². The number of carbonyl (C=O) groups is 1. The molecule has 2 aliphatic rings. The van der Waals surface area contributed by atoms with Crippen LogP contribution < -0.4 is 10.6 Å². The van der Waals surface area contributed by atoms with E-state index < -0.39 is 0 Å². The third kappa shape index (κ3) is 4.93. The summed E-state index contributed by atoms with van der Waals surface area (Å²) in [5.74, 6) is 0.185. The monoisotopic (exact) mass is 404 g/mol. The van der Waals surface area contributed by atoms with Crippen molar-refractivity contribution in [1.29, 1.82) is 0 Å². The Morgan fingerprint density at radius 2 is 2.07 bits per heavy atom. The van der Waals surface area contributed by atoms with E-state index >= 15 is 0 Å². The zero-order valence-electron chi connectivity index (χ0n) is 16.0. The molecule has 0 aliphatic carbocycles. The van der Waals surface area contributed by atoms with Crippen LogP contribution in [-0.4, -0.2) is 41.9 Å². The lowest BCUT2D eigenvalue weighted by Crippen LogP contribution is -2.35. The summed E-state index contributed by atoms with van der Waals surface area (Å²) in [7, 11) is 0. The zero-order valence-corrected chi connectivity index (χ0v) is 16.9. The summed E-state index contributed by atoms with van der Waals surface area (Å²) >= 11 is 0. The first-order chi connectivity index (χ1) is 13.3. The number of aromatic nitrogens is 2. The quantitative estimate of drug-likeness (QED) is 0.803. The molecule has 0 bridgehead atoms. The molecule has 0 radical (unpaired) electrons. The van der Waals surface area contributed by atoms with Gasteiger partial charge in [0.25, 0.3) is 5.91 Å². The van der Waals surface area contributed by atoms with Gasteiger partial charge in [0.1, 0.15) is 5.69 Å². The molecule has 2 fully saturated rings. The van der Waals surface area contributed by atoms with Crippen LogP contribution >= 0.6 is 12.4 Å². The van der Waals surface area contributed by atoms with Gasteiger partial charge >= 0.3 is 0 Å². The molecule has 152 valence electrons. The smallest absolute Gasteiger partial charge is 0.271 e. The molecule has 2 aromatic rings. The number of benzene rings is 1. The molecule has 2 saturated heterocycles. The molecule has 6 nitrogen and oxygen atoms in total. The fraction of sp³-hybridized carbons (Fsp3) is 0.524. The second-order valence-corrected chi connectivity index (χ2v) is 7.50. The maximum Gasteiger partial charge on any atom is 0.271 e. The number of halogens is 1. The van der Waals surface area contributed by atoms with Crippen molar-refractivity contribution in [1.82, 2.24) is 20.4 Å².